The summed E-state index contributed by atoms with van der Waals surface area (Å²) >= 11 is 0. The number of hydrogen-bond acceptors (Lipinski definition) is 6. The maximum atomic E-state index is 10.2. The van der Waals surface area contributed by atoms with E-state index in [-0.39, 0.29) is 18.8 Å². The largest absolute Gasteiger partial charge is 0.382 e. The summed E-state index contributed by atoms with van der Waals surface area (Å²) in [7, 11) is 6.09. The molecule has 6 nitrogen and oxygen atoms in total. The predicted octanol–water partition coefficient (Wildman–Crippen LogP) is -0.603. The molecular formula is C10H20O6. The summed E-state index contributed by atoms with van der Waals surface area (Å²) in [5.74, 6) is -1.49. The molecule has 0 bridgehead atoms. The zero-order chi connectivity index (χ0) is 12.2. The molecule has 1 fully saturated rings. The molecule has 0 aromatic heterocycles. The number of ether oxygens (including phenoxy) is 5. The molecule has 1 aliphatic rings. The lowest BCUT2D eigenvalue weighted by Gasteiger charge is -2.27. The lowest BCUT2D eigenvalue weighted by Crippen LogP contribution is -2.48. The van der Waals surface area contributed by atoms with Gasteiger partial charge < -0.3 is 28.8 Å². The van der Waals surface area contributed by atoms with Gasteiger partial charge in [-0.2, -0.15) is 0 Å². The van der Waals surface area contributed by atoms with Gasteiger partial charge in [-0.1, -0.05) is 0 Å². The van der Waals surface area contributed by atoms with Crippen molar-refractivity contribution in [1.82, 2.24) is 0 Å². The van der Waals surface area contributed by atoms with Crippen LogP contribution < -0.4 is 0 Å². The highest BCUT2D eigenvalue weighted by molar-refractivity contribution is 4.97. The van der Waals surface area contributed by atoms with E-state index in [9.17, 15) is 5.11 Å². The third-order valence-corrected chi connectivity index (χ3v) is 2.67. The second-order valence-corrected chi connectivity index (χ2v) is 3.75. The molecule has 0 aromatic rings. The minimum Gasteiger partial charge on any atom is -0.382 e. The molecule has 1 N–H and O–H groups in total. The average Bonchev–Trinajstić information content (AvgIpc) is 2.51. The molecule has 1 rings (SSSR count). The van der Waals surface area contributed by atoms with Crippen LogP contribution in [0.5, 0.6) is 0 Å². The number of aliphatic hydroxyl groups is 1. The summed E-state index contributed by atoms with van der Waals surface area (Å²) in [5.41, 5.74) is 0. The van der Waals surface area contributed by atoms with Crippen molar-refractivity contribution in [1.29, 1.82) is 0 Å². The molecule has 1 aliphatic heterocycles. The van der Waals surface area contributed by atoms with Crippen molar-refractivity contribution in [2.75, 3.05) is 41.7 Å². The highest BCUT2D eigenvalue weighted by atomic mass is 16.7. The number of hydrogen-bond donors (Lipinski definition) is 1. The van der Waals surface area contributed by atoms with E-state index in [0.29, 0.717) is 6.61 Å². The Bertz CT molecular complexity index is 211. The van der Waals surface area contributed by atoms with E-state index in [1.165, 1.54) is 14.2 Å². The van der Waals surface area contributed by atoms with Crippen LogP contribution in [-0.4, -0.2) is 70.9 Å². The molecule has 0 saturated carbocycles. The van der Waals surface area contributed by atoms with Crippen molar-refractivity contribution in [3.8, 4) is 0 Å². The maximum Gasteiger partial charge on any atom is 0.219 e. The van der Waals surface area contributed by atoms with Crippen LogP contribution in [0.3, 0.4) is 0 Å². The zero-order valence-electron chi connectivity index (χ0n) is 10.1. The molecule has 1 saturated heterocycles. The molecule has 0 aliphatic carbocycles. The van der Waals surface area contributed by atoms with E-state index in [1.54, 1.807) is 14.2 Å². The molecule has 0 amide bonds. The minimum absolute atomic E-state index is 0.0194. The first-order chi connectivity index (χ1) is 7.62. The lowest BCUT2D eigenvalue weighted by atomic mass is 10.1. The third-order valence-electron chi connectivity index (χ3n) is 2.67. The van der Waals surface area contributed by atoms with Crippen LogP contribution in [0.1, 0.15) is 0 Å². The van der Waals surface area contributed by atoms with Crippen molar-refractivity contribution < 1.29 is 28.8 Å². The Morgan fingerprint density at radius 2 is 1.81 bits per heavy atom. The van der Waals surface area contributed by atoms with Gasteiger partial charge in [-0.25, -0.2) is 0 Å². The van der Waals surface area contributed by atoms with E-state index in [1.807, 2.05) is 0 Å². The summed E-state index contributed by atoms with van der Waals surface area (Å²) in [5, 5.41) is 10.2. The normalized spacial score (nSPS) is 39.2. The summed E-state index contributed by atoms with van der Waals surface area (Å²) < 4.78 is 25.9. The fourth-order valence-electron chi connectivity index (χ4n) is 2.06. The molecule has 4 atom stereocenters. The van der Waals surface area contributed by atoms with Crippen LogP contribution in [0, 0.1) is 0 Å². The Morgan fingerprint density at radius 3 is 2.25 bits per heavy atom. The molecule has 6 heteroatoms. The van der Waals surface area contributed by atoms with Gasteiger partial charge >= 0.3 is 0 Å². The Hall–Kier alpha value is -0.240. The van der Waals surface area contributed by atoms with Crippen molar-refractivity contribution in [2.45, 2.75) is 24.1 Å². The minimum atomic E-state index is -1.49. The van der Waals surface area contributed by atoms with Crippen molar-refractivity contribution in [2.24, 2.45) is 0 Å². The van der Waals surface area contributed by atoms with Gasteiger partial charge in [0.15, 0.2) is 0 Å². The molecule has 16 heavy (non-hydrogen) atoms. The van der Waals surface area contributed by atoms with E-state index in [2.05, 4.69) is 0 Å². The van der Waals surface area contributed by atoms with Gasteiger partial charge in [0, 0.05) is 28.4 Å². The fourth-order valence-corrected chi connectivity index (χ4v) is 2.06. The first-order valence-corrected chi connectivity index (χ1v) is 5.06. The zero-order valence-corrected chi connectivity index (χ0v) is 10.1. The molecule has 0 spiro atoms. The van der Waals surface area contributed by atoms with E-state index < -0.39 is 11.9 Å². The van der Waals surface area contributed by atoms with Gasteiger partial charge in [-0.3, -0.25) is 0 Å². The molecule has 0 radical (unpaired) electrons. The van der Waals surface area contributed by atoms with E-state index in [0.717, 1.165) is 0 Å². The van der Waals surface area contributed by atoms with Crippen LogP contribution in [0.2, 0.25) is 0 Å². The van der Waals surface area contributed by atoms with E-state index >= 15 is 0 Å². The third kappa shape index (κ3) is 2.53. The Kier molecular flexibility index (Phi) is 5.10. The smallest absolute Gasteiger partial charge is 0.219 e. The molecule has 0 aromatic carbocycles. The van der Waals surface area contributed by atoms with Crippen molar-refractivity contribution >= 4 is 0 Å². The summed E-state index contributed by atoms with van der Waals surface area (Å²) in [6.45, 7) is 0.343. The highest BCUT2D eigenvalue weighted by Gasteiger charge is 2.55. The number of methoxy groups -OCH3 is 4. The Balaban J connectivity index is 2.80. The van der Waals surface area contributed by atoms with Crippen LogP contribution in [0.4, 0.5) is 0 Å². The van der Waals surface area contributed by atoms with Crippen LogP contribution in [-0.2, 0) is 23.7 Å². The predicted molar refractivity (Wildman–Crippen MR) is 55.2 cm³/mol. The Labute approximate surface area is 95.4 Å². The van der Waals surface area contributed by atoms with Gasteiger partial charge in [0.25, 0.3) is 0 Å². The maximum absolute atomic E-state index is 10.2. The second-order valence-electron chi connectivity index (χ2n) is 3.75. The van der Waals surface area contributed by atoms with E-state index in [4.69, 9.17) is 23.7 Å². The Morgan fingerprint density at radius 1 is 1.12 bits per heavy atom. The highest BCUT2D eigenvalue weighted by Crippen LogP contribution is 2.33. The summed E-state index contributed by atoms with van der Waals surface area (Å²) in [6.07, 6.45) is -1.36. The standard InChI is InChI=1S/C10H20O6/c1-12-5-7-8(14-3)9(15-4)10(11,16-7)6-13-2/h7-9,11H,5-6H2,1-4H3/t7-,8+,9-,10?/m1/s1. The summed E-state index contributed by atoms with van der Waals surface area (Å²) in [4.78, 5) is 0. The second kappa shape index (κ2) is 5.90. The van der Waals surface area contributed by atoms with Gasteiger partial charge in [-0.05, 0) is 0 Å². The van der Waals surface area contributed by atoms with Gasteiger partial charge in [0.05, 0.1) is 6.61 Å². The molecule has 1 unspecified atom stereocenters. The monoisotopic (exact) mass is 236 g/mol. The fraction of sp³-hybridized carbons (Fsp3) is 1.00. The SMILES string of the molecule is COC[C@H]1OC(O)(COC)[C@H](OC)[C@H]1OC. The van der Waals surface area contributed by atoms with Gasteiger partial charge in [-0.15, -0.1) is 0 Å². The first kappa shape index (κ1) is 13.8. The van der Waals surface area contributed by atoms with Crippen molar-refractivity contribution in [3.63, 3.8) is 0 Å². The van der Waals surface area contributed by atoms with Crippen LogP contribution >= 0.6 is 0 Å². The number of rotatable bonds is 6. The average molecular weight is 236 g/mol. The topological polar surface area (TPSA) is 66.4 Å². The molecule has 96 valence electrons. The van der Waals surface area contributed by atoms with Crippen LogP contribution in [0.25, 0.3) is 0 Å². The quantitative estimate of drug-likeness (QED) is 0.664. The molecular weight excluding hydrogens is 216 g/mol. The summed E-state index contributed by atoms with van der Waals surface area (Å²) in [6, 6.07) is 0. The van der Waals surface area contributed by atoms with Crippen molar-refractivity contribution in [3.05, 3.63) is 0 Å². The molecule has 1 heterocycles. The van der Waals surface area contributed by atoms with Gasteiger partial charge in [0.1, 0.15) is 24.9 Å². The first-order valence-electron chi connectivity index (χ1n) is 5.06. The lowest BCUT2D eigenvalue weighted by molar-refractivity contribution is -0.256. The van der Waals surface area contributed by atoms with Crippen LogP contribution in [0.15, 0.2) is 0 Å². The van der Waals surface area contributed by atoms with Gasteiger partial charge in [0.2, 0.25) is 5.79 Å².